The lowest BCUT2D eigenvalue weighted by atomic mass is 10.2. The van der Waals surface area contributed by atoms with Crippen LogP contribution in [0.2, 0.25) is 0 Å². The van der Waals surface area contributed by atoms with E-state index in [9.17, 15) is 9.59 Å². The Kier molecular flexibility index (Phi) is 15.1. The fourth-order valence-corrected chi connectivity index (χ4v) is 2.04. The average Bonchev–Trinajstić information content (AvgIpc) is 2.77. The first-order valence-electron chi connectivity index (χ1n) is 9.36. The minimum atomic E-state index is -0.923. The Bertz CT molecular complexity index is 647. The van der Waals surface area contributed by atoms with Gasteiger partial charge in [0.05, 0.1) is 25.3 Å². The predicted octanol–water partition coefficient (Wildman–Crippen LogP) is 3.32. The van der Waals surface area contributed by atoms with Crippen LogP contribution in [-0.4, -0.2) is 59.8 Å². The van der Waals surface area contributed by atoms with E-state index in [2.05, 4.69) is 0 Å². The number of hydrogen-bond donors (Lipinski definition) is 4. The Morgan fingerprint density at radius 3 is 1.13 bits per heavy atom. The second-order valence-corrected chi connectivity index (χ2v) is 5.93. The molecule has 0 saturated heterocycles. The van der Waals surface area contributed by atoms with Crippen molar-refractivity contribution in [3.63, 3.8) is 0 Å². The standard InChI is InChI=1S/2C8H8O3.C6H14O2/c2*1-11-7-4-2-6(3-5-7)8(9)10;7-5-3-1-2-4-6-8/h2*2-5H,1H3,(H,9,10);7-8H,1-6H2. The van der Waals surface area contributed by atoms with Gasteiger partial charge in [-0.15, -0.1) is 0 Å². The maximum atomic E-state index is 10.4. The Labute approximate surface area is 176 Å². The summed E-state index contributed by atoms with van der Waals surface area (Å²) in [5.41, 5.74) is 0.539. The van der Waals surface area contributed by atoms with Crippen LogP contribution in [0.4, 0.5) is 0 Å². The number of carbonyl (C=O) groups is 2. The second-order valence-electron chi connectivity index (χ2n) is 5.93. The summed E-state index contributed by atoms with van der Waals surface area (Å²) in [4.78, 5) is 20.7. The average molecular weight is 422 g/mol. The van der Waals surface area contributed by atoms with Gasteiger partial charge in [0.25, 0.3) is 0 Å². The van der Waals surface area contributed by atoms with Gasteiger partial charge < -0.3 is 29.9 Å². The van der Waals surface area contributed by atoms with Gasteiger partial charge in [-0.1, -0.05) is 12.8 Å². The molecule has 0 atom stereocenters. The Morgan fingerprint density at radius 2 is 0.933 bits per heavy atom. The van der Waals surface area contributed by atoms with Crippen LogP contribution in [0, 0.1) is 0 Å². The fraction of sp³-hybridized carbons (Fsp3) is 0.364. The zero-order valence-corrected chi connectivity index (χ0v) is 17.3. The molecule has 0 unspecified atom stereocenters. The lowest BCUT2D eigenvalue weighted by molar-refractivity contribution is 0.0686. The summed E-state index contributed by atoms with van der Waals surface area (Å²) in [5.74, 6) is -0.523. The number of benzene rings is 2. The molecule has 30 heavy (non-hydrogen) atoms. The second kappa shape index (κ2) is 16.8. The van der Waals surface area contributed by atoms with Gasteiger partial charge in [-0.2, -0.15) is 0 Å². The summed E-state index contributed by atoms with van der Waals surface area (Å²) in [6, 6.07) is 12.5. The molecule has 166 valence electrons. The van der Waals surface area contributed by atoms with Gasteiger partial charge >= 0.3 is 11.9 Å². The van der Waals surface area contributed by atoms with Crippen LogP contribution in [0.5, 0.6) is 11.5 Å². The molecule has 0 heterocycles. The molecule has 4 N–H and O–H groups in total. The molecule has 0 aliphatic carbocycles. The van der Waals surface area contributed by atoms with E-state index in [0.717, 1.165) is 25.7 Å². The van der Waals surface area contributed by atoms with Crippen molar-refractivity contribution in [3.05, 3.63) is 59.7 Å². The maximum Gasteiger partial charge on any atom is 0.335 e. The highest BCUT2D eigenvalue weighted by Gasteiger charge is 2.01. The Hall–Kier alpha value is -3.10. The number of aromatic carboxylic acids is 2. The van der Waals surface area contributed by atoms with Crippen LogP contribution in [0.3, 0.4) is 0 Å². The highest BCUT2D eigenvalue weighted by molar-refractivity contribution is 5.88. The van der Waals surface area contributed by atoms with Crippen molar-refractivity contribution >= 4 is 11.9 Å². The van der Waals surface area contributed by atoms with Crippen molar-refractivity contribution in [2.75, 3.05) is 27.4 Å². The number of aliphatic hydroxyl groups excluding tert-OH is 2. The summed E-state index contributed by atoms with van der Waals surface area (Å²) in [5, 5.41) is 33.6. The summed E-state index contributed by atoms with van der Waals surface area (Å²) in [6.45, 7) is 0.566. The van der Waals surface area contributed by atoms with E-state index < -0.39 is 11.9 Å². The smallest absolute Gasteiger partial charge is 0.335 e. The molecule has 0 spiro atoms. The lowest BCUT2D eigenvalue weighted by Crippen LogP contribution is -1.95. The topological polar surface area (TPSA) is 134 Å². The number of aliphatic hydroxyl groups is 2. The zero-order chi connectivity index (χ0) is 22.8. The minimum absolute atomic E-state index is 0.269. The SMILES string of the molecule is COc1ccc(C(=O)O)cc1.COc1ccc(C(=O)O)cc1.OCCCCCCO. The first-order chi connectivity index (χ1) is 14.4. The molecule has 0 aliphatic heterocycles. The molecular formula is C22H30O8. The highest BCUT2D eigenvalue weighted by Crippen LogP contribution is 2.11. The minimum Gasteiger partial charge on any atom is -0.497 e. The molecule has 0 saturated carbocycles. The van der Waals surface area contributed by atoms with Crippen LogP contribution < -0.4 is 9.47 Å². The largest absolute Gasteiger partial charge is 0.497 e. The van der Waals surface area contributed by atoms with Gasteiger partial charge in [-0.05, 0) is 61.4 Å². The van der Waals surface area contributed by atoms with Crippen molar-refractivity contribution in [2.45, 2.75) is 25.7 Å². The molecule has 0 radical (unpaired) electrons. The molecule has 8 nitrogen and oxygen atoms in total. The molecule has 0 amide bonds. The number of unbranched alkanes of at least 4 members (excludes halogenated alkanes) is 3. The van der Waals surface area contributed by atoms with Crippen LogP contribution in [0.25, 0.3) is 0 Å². The van der Waals surface area contributed by atoms with Gasteiger partial charge in [0.2, 0.25) is 0 Å². The van der Waals surface area contributed by atoms with Crippen molar-refractivity contribution in [2.24, 2.45) is 0 Å². The lowest BCUT2D eigenvalue weighted by Gasteiger charge is -1.98. The molecule has 0 fully saturated rings. The predicted molar refractivity (Wildman–Crippen MR) is 113 cm³/mol. The maximum absolute atomic E-state index is 10.4. The first kappa shape index (κ1) is 26.9. The van der Waals surface area contributed by atoms with Crippen LogP contribution in [0.1, 0.15) is 46.4 Å². The summed E-state index contributed by atoms with van der Waals surface area (Å²) >= 11 is 0. The van der Waals surface area contributed by atoms with Gasteiger partial charge in [-0.25, -0.2) is 9.59 Å². The highest BCUT2D eigenvalue weighted by atomic mass is 16.5. The fourth-order valence-electron chi connectivity index (χ4n) is 2.04. The number of rotatable bonds is 9. The number of carboxylic acids is 2. The Balaban J connectivity index is 0.000000428. The Morgan fingerprint density at radius 1 is 0.633 bits per heavy atom. The van der Waals surface area contributed by atoms with E-state index in [-0.39, 0.29) is 24.3 Å². The third-order valence-corrected chi connectivity index (χ3v) is 3.74. The molecule has 0 aliphatic rings. The number of carboxylic acid groups (broad SMARTS) is 2. The third-order valence-electron chi connectivity index (χ3n) is 3.74. The number of hydrogen-bond acceptors (Lipinski definition) is 6. The van der Waals surface area contributed by atoms with E-state index in [0.29, 0.717) is 11.5 Å². The van der Waals surface area contributed by atoms with Gasteiger partial charge in [0.15, 0.2) is 0 Å². The number of ether oxygens (including phenoxy) is 2. The third kappa shape index (κ3) is 12.4. The molecule has 0 bridgehead atoms. The van der Waals surface area contributed by atoms with E-state index in [1.807, 2.05) is 0 Å². The molecule has 0 aromatic heterocycles. The normalized spacial score (nSPS) is 9.33. The van der Waals surface area contributed by atoms with Crippen molar-refractivity contribution in [3.8, 4) is 11.5 Å². The monoisotopic (exact) mass is 422 g/mol. The summed E-state index contributed by atoms with van der Waals surface area (Å²) in [6.07, 6.45) is 3.83. The van der Waals surface area contributed by atoms with Crippen molar-refractivity contribution in [1.29, 1.82) is 0 Å². The van der Waals surface area contributed by atoms with Crippen LogP contribution in [0.15, 0.2) is 48.5 Å². The van der Waals surface area contributed by atoms with Crippen molar-refractivity contribution in [1.82, 2.24) is 0 Å². The molecule has 2 rings (SSSR count). The summed E-state index contributed by atoms with van der Waals surface area (Å²) in [7, 11) is 3.07. The van der Waals surface area contributed by atoms with Crippen molar-refractivity contribution < 1.29 is 39.5 Å². The first-order valence-corrected chi connectivity index (χ1v) is 9.36. The van der Waals surface area contributed by atoms with Crippen LogP contribution in [-0.2, 0) is 0 Å². The van der Waals surface area contributed by atoms with Crippen LogP contribution >= 0.6 is 0 Å². The quantitative estimate of drug-likeness (QED) is 0.452. The van der Waals surface area contributed by atoms with E-state index >= 15 is 0 Å². The van der Waals surface area contributed by atoms with E-state index in [1.54, 1.807) is 24.3 Å². The zero-order valence-electron chi connectivity index (χ0n) is 17.3. The van der Waals surface area contributed by atoms with E-state index in [1.165, 1.54) is 38.5 Å². The van der Waals surface area contributed by atoms with Gasteiger partial charge in [-0.3, -0.25) is 0 Å². The number of methoxy groups -OCH3 is 2. The molecular weight excluding hydrogens is 392 g/mol. The summed E-state index contributed by atoms with van der Waals surface area (Å²) < 4.78 is 9.71. The van der Waals surface area contributed by atoms with E-state index in [4.69, 9.17) is 29.9 Å². The molecule has 2 aromatic rings. The molecule has 8 heteroatoms. The van der Waals surface area contributed by atoms with Gasteiger partial charge in [0, 0.05) is 13.2 Å². The van der Waals surface area contributed by atoms with Gasteiger partial charge in [0.1, 0.15) is 11.5 Å². The molecule has 2 aromatic carbocycles.